The summed E-state index contributed by atoms with van der Waals surface area (Å²) in [5, 5.41) is 10.3. The molecule has 0 atom stereocenters. The van der Waals surface area contributed by atoms with Crippen molar-refractivity contribution in [1.82, 2.24) is 5.32 Å². The first kappa shape index (κ1) is 9.76. The van der Waals surface area contributed by atoms with Gasteiger partial charge in [0.15, 0.2) is 0 Å². The smallest absolute Gasteiger partial charge is 0.407 e. The summed E-state index contributed by atoms with van der Waals surface area (Å²) >= 11 is 0. The average molecular weight is 156 g/mol. The van der Waals surface area contributed by atoms with Gasteiger partial charge < -0.3 is 10.1 Å². The molecule has 11 heavy (non-hydrogen) atoms. The molecule has 1 N–H and O–H groups in total. The van der Waals surface area contributed by atoms with E-state index in [1.165, 1.54) is 0 Å². The molecule has 0 aliphatic rings. The largest absolute Gasteiger partial charge is 0.449 e. The molecule has 0 radical (unpaired) electrons. The van der Waals surface area contributed by atoms with Crippen molar-refractivity contribution >= 4 is 6.09 Å². The number of nitriles is 1. The topological polar surface area (TPSA) is 62.1 Å². The Labute approximate surface area is 66.1 Å². The quantitative estimate of drug-likeness (QED) is 0.617. The lowest BCUT2D eigenvalue weighted by Crippen LogP contribution is -2.25. The first-order valence-corrected chi connectivity index (χ1v) is 3.44. The van der Waals surface area contributed by atoms with Crippen LogP contribution in [0.1, 0.15) is 13.8 Å². The maximum Gasteiger partial charge on any atom is 0.407 e. The van der Waals surface area contributed by atoms with E-state index in [0.717, 1.165) is 0 Å². The highest BCUT2D eigenvalue weighted by molar-refractivity contribution is 5.67. The van der Waals surface area contributed by atoms with Gasteiger partial charge in [-0.3, -0.25) is 0 Å². The van der Waals surface area contributed by atoms with Crippen LogP contribution in [0.5, 0.6) is 0 Å². The van der Waals surface area contributed by atoms with Crippen molar-refractivity contribution in [2.24, 2.45) is 5.92 Å². The Morgan fingerprint density at radius 1 is 1.73 bits per heavy atom. The number of hydrogen-bond acceptors (Lipinski definition) is 3. The van der Waals surface area contributed by atoms with Crippen LogP contribution in [0.15, 0.2) is 0 Å². The first-order valence-electron chi connectivity index (χ1n) is 3.44. The second-order valence-electron chi connectivity index (χ2n) is 2.50. The fourth-order valence-electron chi connectivity index (χ4n) is 0.405. The van der Waals surface area contributed by atoms with E-state index in [1.54, 1.807) is 6.07 Å². The molecule has 4 nitrogen and oxygen atoms in total. The van der Waals surface area contributed by atoms with E-state index in [4.69, 9.17) is 10.00 Å². The molecule has 0 fully saturated rings. The summed E-state index contributed by atoms with van der Waals surface area (Å²) < 4.78 is 4.70. The molecular weight excluding hydrogens is 144 g/mol. The monoisotopic (exact) mass is 156 g/mol. The van der Waals surface area contributed by atoms with Crippen molar-refractivity contribution in [3.63, 3.8) is 0 Å². The number of amides is 1. The molecule has 0 aliphatic heterocycles. The molecule has 1 amide bonds. The van der Waals surface area contributed by atoms with Crippen LogP contribution < -0.4 is 5.32 Å². The van der Waals surface area contributed by atoms with Crippen molar-refractivity contribution in [2.75, 3.05) is 13.2 Å². The molecule has 0 saturated heterocycles. The zero-order valence-electron chi connectivity index (χ0n) is 6.76. The van der Waals surface area contributed by atoms with Crippen molar-refractivity contribution in [3.05, 3.63) is 0 Å². The Bertz CT molecular complexity index is 160. The molecular formula is C7H12N2O2. The lowest BCUT2D eigenvalue weighted by atomic mass is 10.2. The standard InChI is InChI=1S/C7H12N2O2/c1-6(2)5-11-7(10)9-4-3-8/h6H,4-5H2,1-2H3,(H,9,10). The number of carbonyl (C=O) groups is 1. The maximum absolute atomic E-state index is 10.6. The highest BCUT2D eigenvalue weighted by Gasteiger charge is 2.00. The highest BCUT2D eigenvalue weighted by Crippen LogP contribution is 1.91. The molecule has 0 bridgehead atoms. The molecule has 0 unspecified atom stereocenters. The molecule has 0 rings (SSSR count). The number of nitrogens with zero attached hydrogens (tertiary/aromatic N) is 1. The van der Waals surface area contributed by atoms with E-state index in [9.17, 15) is 4.79 Å². The van der Waals surface area contributed by atoms with Crippen LogP contribution >= 0.6 is 0 Å². The molecule has 4 heteroatoms. The van der Waals surface area contributed by atoms with E-state index in [0.29, 0.717) is 12.5 Å². The van der Waals surface area contributed by atoms with Gasteiger partial charge in [-0.05, 0) is 5.92 Å². The first-order chi connectivity index (χ1) is 5.16. The van der Waals surface area contributed by atoms with Gasteiger partial charge in [0, 0.05) is 0 Å². The summed E-state index contributed by atoms with van der Waals surface area (Å²) in [6, 6.07) is 1.77. The fourth-order valence-corrected chi connectivity index (χ4v) is 0.405. The summed E-state index contributed by atoms with van der Waals surface area (Å²) in [7, 11) is 0. The number of alkyl carbamates (subject to hydrolysis) is 1. The Balaban J connectivity index is 3.32. The summed E-state index contributed by atoms with van der Waals surface area (Å²) in [6.07, 6.45) is -0.528. The minimum absolute atomic E-state index is 0.00305. The number of hydrogen-bond donors (Lipinski definition) is 1. The number of ether oxygens (including phenoxy) is 1. The van der Waals surface area contributed by atoms with Crippen molar-refractivity contribution in [2.45, 2.75) is 13.8 Å². The van der Waals surface area contributed by atoms with E-state index in [-0.39, 0.29) is 6.54 Å². The Morgan fingerprint density at radius 3 is 2.82 bits per heavy atom. The van der Waals surface area contributed by atoms with Gasteiger partial charge in [-0.1, -0.05) is 13.8 Å². The molecule has 0 heterocycles. The Kier molecular flexibility index (Phi) is 4.91. The van der Waals surface area contributed by atoms with E-state index in [1.807, 2.05) is 13.8 Å². The van der Waals surface area contributed by atoms with Crippen molar-refractivity contribution in [3.8, 4) is 6.07 Å². The van der Waals surface area contributed by atoms with Crippen LogP contribution in [0.4, 0.5) is 4.79 Å². The average Bonchev–Trinajstić information content (AvgIpc) is 1.97. The van der Waals surface area contributed by atoms with Crippen LogP contribution in [-0.4, -0.2) is 19.2 Å². The maximum atomic E-state index is 10.6. The zero-order valence-corrected chi connectivity index (χ0v) is 6.76. The normalized spacial score (nSPS) is 8.91. The van der Waals surface area contributed by atoms with Gasteiger partial charge in [-0.25, -0.2) is 4.79 Å². The summed E-state index contributed by atoms with van der Waals surface area (Å²) in [4.78, 5) is 10.6. The number of nitrogens with one attached hydrogen (secondary N) is 1. The van der Waals surface area contributed by atoms with Gasteiger partial charge in [0.1, 0.15) is 6.54 Å². The number of carbonyl (C=O) groups excluding carboxylic acids is 1. The third-order valence-corrected chi connectivity index (χ3v) is 0.860. The molecule has 0 aromatic carbocycles. The molecule has 0 aliphatic carbocycles. The van der Waals surface area contributed by atoms with Gasteiger partial charge in [0.05, 0.1) is 12.7 Å². The van der Waals surface area contributed by atoms with E-state index < -0.39 is 6.09 Å². The highest BCUT2D eigenvalue weighted by atomic mass is 16.5. The predicted octanol–water partition coefficient (Wildman–Crippen LogP) is 0.892. The molecule has 0 spiro atoms. The fraction of sp³-hybridized carbons (Fsp3) is 0.714. The predicted molar refractivity (Wildman–Crippen MR) is 39.8 cm³/mol. The summed E-state index contributed by atoms with van der Waals surface area (Å²) in [5.41, 5.74) is 0. The zero-order chi connectivity index (χ0) is 8.69. The second-order valence-corrected chi connectivity index (χ2v) is 2.50. The molecule has 0 aromatic heterocycles. The van der Waals surface area contributed by atoms with E-state index in [2.05, 4.69) is 5.32 Å². The van der Waals surface area contributed by atoms with Crippen molar-refractivity contribution < 1.29 is 9.53 Å². The lowest BCUT2D eigenvalue weighted by molar-refractivity contribution is 0.134. The van der Waals surface area contributed by atoms with Gasteiger partial charge in [-0.15, -0.1) is 0 Å². The third-order valence-electron chi connectivity index (χ3n) is 0.860. The van der Waals surface area contributed by atoms with Crippen LogP contribution in [0.25, 0.3) is 0 Å². The Hall–Kier alpha value is -1.24. The van der Waals surface area contributed by atoms with Crippen LogP contribution in [0, 0.1) is 17.2 Å². The molecule has 0 aromatic rings. The minimum Gasteiger partial charge on any atom is -0.449 e. The second kappa shape index (κ2) is 5.54. The van der Waals surface area contributed by atoms with Crippen LogP contribution in [-0.2, 0) is 4.74 Å². The van der Waals surface area contributed by atoms with Gasteiger partial charge in [0.25, 0.3) is 0 Å². The van der Waals surface area contributed by atoms with Crippen LogP contribution in [0.2, 0.25) is 0 Å². The van der Waals surface area contributed by atoms with E-state index >= 15 is 0 Å². The lowest BCUT2D eigenvalue weighted by Gasteiger charge is -2.05. The van der Waals surface area contributed by atoms with Gasteiger partial charge in [0.2, 0.25) is 0 Å². The van der Waals surface area contributed by atoms with Crippen molar-refractivity contribution in [1.29, 1.82) is 5.26 Å². The Morgan fingerprint density at radius 2 is 2.36 bits per heavy atom. The number of rotatable bonds is 3. The summed E-state index contributed by atoms with van der Waals surface area (Å²) in [6.45, 7) is 4.27. The SMILES string of the molecule is CC(C)COC(=O)NCC#N. The molecule has 0 saturated carbocycles. The minimum atomic E-state index is -0.528. The summed E-state index contributed by atoms with van der Waals surface area (Å²) in [5.74, 6) is 0.322. The molecule has 62 valence electrons. The third kappa shape index (κ3) is 6.65. The van der Waals surface area contributed by atoms with Gasteiger partial charge >= 0.3 is 6.09 Å². The van der Waals surface area contributed by atoms with Crippen LogP contribution in [0.3, 0.4) is 0 Å². The van der Waals surface area contributed by atoms with Gasteiger partial charge in [-0.2, -0.15) is 5.26 Å².